The van der Waals surface area contributed by atoms with Crippen LogP contribution in [0.2, 0.25) is 5.02 Å². The quantitative estimate of drug-likeness (QED) is 0.778. The molecular weight excluding hydrogens is 400 g/mol. The molecule has 9 heteroatoms. The molecule has 1 saturated heterocycles. The Labute approximate surface area is 169 Å². The molecule has 1 heterocycles. The summed E-state index contributed by atoms with van der Waals surface area (Å²) >= 11 is 5.82. The highest BCUT2D eigenvalue weighted by atomic mass is 35.5. The van der Waals surface area contributed by atoms with Gasteiger partial charge in [0.25, 0.3) is 0 Å². The standard InChI is InChI=1S/C19H19ClN4O3S/c1-19(11-21)12-24(13-19)28(26,27)17-8-6-16(7-9-17)23-18(25)22-10-14-2-4-15(20)5-3-14/h2-9H,10,12-13H2,1H3,(H2,22,23,25). The Bertz CT molecular complexity index is 1010. The van der Waals surface area contributed by atoms with Gasteiger partial charge in [-0.25, -0.2) is 13.2 Å². The Kier molecular flexibility index (Phi) is 5.61. The van der Waals surface area contributed by atoms with E-state index >= 15 is 0 Å². The molecule has 0 saturated carbocycles. The molecule has 1 aliphatic rings. The van der Waals surface area contributed by atoms with Crippen LogP contribution in [0.3, 0.4) is 0 Å². The molecule has 0 bridgehead atoms. The fourth-order valence-electron chi connectivity index (χ4n) is 2.79. The number of benzene rings is 2. The van der Waals surface area contributed by atoms with Crippen LogP contribution in [0.25, 0.3) is 0 Å². The maximum Gasteiger partial charge on any atom is 0.319 e. The summed E-state index contributed by atoms with van der Waals surface area (Å²) in [6.07, 6.45) is 0. The van der Waals surface area contributed by atoms with Crippen molar-refractivity contribution in [2.45, 2.75) is 18.4 Å². The Morgan fingerprint density at radius 1 is 1.18 bits per heavy atom. The highest BCUT2D eigenvalue weighted by Gasteiger charge is 2.45. The number of carbonyl (C=O) groups excluding carboxylic acids is 1. The second-order valence-electron chi connectivity index (χ2n) is 6.90. The minimum Gasteiger partial charge on any atom is -0.334 e. The number of urea groups is 1. The lowest BCUT2D eigenvalue weighted by molar-refractivity contribution is 0.149. The number of amides is 2. The zero-order valence-electron chi connectivity index (χ0n) is 15.1. The number of halogens is 1. The van der Waals surface area contributed by atoms with E-state index in [0.717, 1.165) is 5.56 Å². The summed E-state index contributed by atoms with van der Waals surface area (Å²) in [4.78, 5) is 12.1. The Balaban J connectivity index is 1.56. The van der Waals surface area contributed by atoms with Crippen molar-refractivity contribution < 1.29 is 13.2 Å². The first kappa shape index (κ1) is 20.1. The molecule has 0 radical (unpaired) electrons. The van der Waals surface area contributed by atoms with Crippen LogP contribution in [-0.2, 0) is 16.6 Å². The minimum atomic E-state index is -3.64. The summed E-state index contributed by atoms with van der Waals surface area (Å²) in [5, 5.41) is 15.0. The molecule has 2 N–H and O–H groups in total. The van der Waals surface area contributed by atoms with E-state index in [-0.39, 0.29) is 18.0 Å². The first-order valence-electron chi connectivity index (χ1n) is 8.53. The van der Waals surface area contributed by atoms with Gasteiger partial charge in [0.05, 0.1) is 16.4 Å². The molecule has 28 heavy (non-hydrogen) atoms. The summed E-state index contributed by atoms with van der Waals surface area (Å²) in [7, 11) is -3.64. The molecule has 3 rings (SSSR count). The zero-order valence-corrected chi connectivity index (χ0v) is 16.7. The van der Waals surface area contributed by atoms with Crippen LogP contribution in [0, 0.1) is 16.7 Å². The van der Waals surface area contributed by atoms with Crippen LogP contribution in [-0.4, -0.2) is 31.8 Å². The Morgan fingerprint density at radius 3 is 2.36 bits per heavy atom. The second kappa shape index (κ2) is 7.80. The lowest BCUT2D eigenvalue weighted by Crippen LogP contribution is -2.56. The summed E-state index contributed by atoms with van der Waals surface area (Å²) in [5.74, 6) is 0. The van der Waals surface area contributed by atoms with E-state index < -0.39 is 21.5 Å². The van der Waals surface area contributed by atoms with E-state index in [4.69, 9.17) is 16.9 Å². The topological polar surface area (TPSA) is 102 Å². The van der Waals surface area contributed by atoms with Crippen molar-refractivity contribution in [3.63, 3.8) is 0 Å². The van der Waals surface area contributed by atoms with Crippen LogP contribution in [0.1, 0.15) is 12.5 Å². The van der Waals surface area contributed by atoms with Crippen molar-refractivity contribution in [1.29, 1.82) is 5.26 Å². The molecule has 0 unspecified atom stereocenters. The summed E-state index contributed by atoms with van der Waals surface area (Å²) in [6, 6.07) is 14.8. The van der Waals surface area contributed by atoms with E-state index in [1.165, 1.54) is 28.6 Å². The summed E-state index contributed by atoms with van der Waals surface area (Å²) in [6.45, 7) is 2.43. The maximum absolute atomic E-state index is 12.5. The molecule has 0 atom stereocenters. The SMILES string of the molecule is CC1(C#N)CN(S(=O)(=O)c2ccc(NC(=O)NCc3ccc(Cl)cc3)cc2)C1. The van der Waals surface area contributed by atoms with Crippen molar-refractivity contribution in [2.75, 3.05) is 18.4 Å². The second-order valence-corrected chi connectivity index (χ2v) is 9.28. The average molecular weight is 419 g/mol. The van der Waals surface area contributed by atoms with Crippen molar-refractivity contribution in [3.8, 4) is 6.07 Å². The molecule has 0 spiro atoms. The Morgan fingerprint density at radius 2 is 1.79 bits per heavy atom. The van der Waals surface area contributed by atoms with Crippen molar-refractivity contribution >= 4 is 33.3 Å². The van der Waals surface area contributed by atoms with Crippen molar-refractivity contribution in [1.82, 2.24) is 9.62 Å². The number of rotatable bonds is 5. The van der Waals surface area contributed by atoms with Crippen LogP contribution in [0.15, 0.2) is 53.4 Å². The number of sulfonamides is 1. The highest BCUT2D eigenvalue weighted by Crippen LogP contribution is 2.33. The monoisotopic (exact) mass is 418 g/mol. The number of nitrogens with zero attached hydrogens (tertiary/aromatic N) is 2. The predicted molar refractivity (Wildman–Crippen MR) is 106 cm³/mol. The van der Waals surface area contributed by atoms with Crippen LogP contribution in [0.5, 0.6) is 0 Å². The number of hydrogen-bond donors (Lipinski definition) is 2. The smallest absolute Gasteiger partial charge is 0.319 e. The van der Waals surface area contributed by atoms with E-state index in [1.54, 1.807) is 19.1 Å². The van der Waals surface area contributed by atoms with Gasteiger partial charge in [0.15, 0.2) is 0 Å². The van der Waals surface area contributed by atoms with Gasteiger partial charge in [-0.2, -0.15) is 9.57 Å². The lowest BCUT2D eigenvalue weighted by atomic mass is 9.86. The molecule has 0 aromatic heterocycles. The number of nitrogens with one attached hydrogen (secondary N) is 2. The van der Waals surface area contributed by atoms with Gasteiger partial charge in [0.1, 0.15) is 0 Å². The van der Waals surface area contributed by atoms with Gasteiger partial charge < -0.3 is 10.6 Å². The van der Waals surface area contributed by atoms with E-state index in [2.05, 4.69) is 16.7 Å². The predicted octanol–water partition coefficient (Wildman–Crippen LogP) is 3.20. The first-order chi connectivity index (χ1) is 13.2. The molecule has 1 fully saturated rings. The minimum absolute atomic E-state index is 0.125. The molecule has 146 valence electrons. The van der Waals surface area contributed by atoms with Gasteiger partial charge in [0, 0.05) is 30.3 Å². The normalized spacial score (nSPS) is 15.9. The number of anilines is 1. The average Bonchev–Trinajstić information content (AvgIpc) is 2.65. The van der Waals surface area contributed by atoms with E-state index in [1.807, 2.05) is 12.1 Å². The molecule has 1 aliphatic heterocycles. The van der Waals surface area contributed by atoms with Crippen molar-refractivity contribution in [2.24, 2.45) is 5.41 Å². The molecule has 7 nitrogen and oxygen atoms in total. The van der Waals surface area contributed by atoms with Gasteiger partial charge in [-0.3, -0.25) is 0 Å². The first-order valence-corrected chi connectivity index (χ1v) is 10.3. The molecule has 2 aromatic rings. The van der Waals surface area contributed by atoms with Gasteiger partial charge in [0.2, 0.25) is 10.0 Å². The van der Waals surface area contributed by atoms with Crippen LogP contribution >= 0.6 is 11.6 Å². The number of nitriles is 1. The zero-order chi connectivity index (χ0) is 20.4. The molecular formula is C19H19ClN4O3S. The Hall–Kier alpha value is -2.60. The fourth-order valence-corrected chi connectivity index (χ4v) is 4.61. The van der Waals surface area contributed by atoms with Gasteiger partial charge >= 0.3 is 6.03 Å². The largest absolute Gasteiger partial charge is 0.334 e. The van der Waals surface area contributed by atoms with Gasteiger partial charge in [-0.1, -0.05) is 23.7 Å². The lowest BCUT2D eigenvalue weighted by Gasteiger charge is -2.41. The number of hydrogen-bond acceptors (Lipinski definition) is 4. The third-order valence-corrected chi connectivity index (χ3v) is 6.49. The summed E-state index contributed by atoms with van der Waals surface area (Å²) < 4.78 is 26.4. The van der Waals surface area contributed by atoms with Gasteiger partial charge in [-0.05, 0) is 48.9 Å². The maximum atomic E-state index is 12.5. The third kappa shape index (κ3) is 4.44. The van der Waals surface area contributed by atoms with E-state index in [0.29, 0.717) is 17.3 Å². The molecule has 2 amide bonds. The number of carbonyl (C=O) groups is 1. The molecule has 2 aromatic carbocycles. The third-order valence-electron chi connectivity index (χ3n) is 4.44. The summed E-state index contributed by atoms with van der Waals surface area (Å²) in [5.41, 5.74) is 0.745. The highest BCUT2D eigenvalue weighted by molar-refractivity contribution is 7.89. The van der Waals surface area contributed by atoms with Crippen LogP contribution in [0.4, 0.5) is 10.5 Å². The van der Waals surface area contributed by atoms with E-state index in [9.17, 15) is 13.2 Å². The van der Waals surface area contributed by atoms with Crippen molar-refractivity contribution in [3.05, 3.63) is 59.1 Å². The fraction of sp³-hybridized carbons (Fsp3) is 0.263. The van der Waals surface area contributed by atoms with Gasteiger partial charge in [-0.15, -0.1) is 0 Å². The van der Waals surface area contributed by atoms with Crippen LogP contribution < -0.4 is 10.6 Å². The molecule has 0 aliphatic carbocycles.